The van der Waals surface area contributed by atoms with Crippen molar-refractivity contribution >= 4 is 0 Å². The van der Waals surface area contributed by atoms with Crippen LogP contribution < -0.4 is 5.32 Å². The molecule has 2 heteroatoms. The van der Waals surface area contributed by atoms with Crippen LogP contribution >= 0.6 is 0 Å². The molecular formula is C26H57NO. The summed E-state index contributed by atoms with van der Waals surface area (Å²) in [5.74, 6) is 0. The van der Waals surface area contributed by atoms with Crippen molar-refractivity contribution in [1.82, 2.24) is 5.32 Å². The maximum absolute atomic E-state index is 5.78. The van der Waals surface area contributed by atoms with Crippen molar-refractivity contribution in [1.29, 1.82) is 0 Å². The second-order valence-electron chi connectivity index (χ2n) is 8.48. The molecule has 0 aliphatic heterocycles. The summed E-state index contributed by atoms with van der Waals surface area (Å²) in [5.41, 5.74) is 0. The fraction of sp³-hybridized carbons (Fsp3) is 1.00. The predicted molar refractivity (Wildman–Crippen MR) is 129 cm³/mol. The molecule has 2 nitrogen and oxygen atoms in total. The minimum absolute atomic E-state index is 0.994. The Hall–Kier alpha value is -0.0800. The van der Waals surface area contributed by atoms with Gasteiger partial charge in [-0.15, -0.1) is 0 Å². The molecule has 0 fully saturated rings. The van der Waals surface area contributed by atoms with Crippen molar-refractivity contribution in [2.24, 2.45) is 0 Å². The van der Waals surface area contributed by atoms with Crippen molar-refractivity contribution in [3.8, 4) is 0 Å². The summed E-state index contributed by atoms with van der Waals surface area (Å²) in [4.78, 5) is 0. The molecule has 0 atom stereocenters. The summed E-state index contributed by atoms with van der Waals surface area (Å²) < 4.78 is 5.78. The van der Waals surface area contributed by atoms with Crippen LogP contribution in [0.2, 0.25) is 0 Å². The van der Waals surface area contributed by atoms with Crippen LogP contribution in [0.3, 0.4) is 0 Å². The number of hydrogen-bond donors (Lipinski definition) is 1. The van der Waals surface area contributed by atoms with Gasteiger partial charge in [-0.3, -0.25) is 0 Å². The molecule has 0 radical (unpaired) electrons. The van der Waals surface area contributed by atoms with Gasteiger partial charge in [0.1, 0.15) is 0 Å². The Morgan fingerprint density at radius 3 is 0.857 bits per heavy atom. The molecule has 0 spiro atoms. The minimum atomic E-state index is 0.994. The predicted octanol–water partition coefficient (Wildman–Crippen LogP) is 8.68. The molecule has 0 unspecified atom stereocenters. The lowest BCUT2D eigenvalue weighted by atomic mass is 10.1. The van der Waals surface area contributed by atoms with Gasteiger partial charge in [-0.25, -0.2) is 0 Å². The summed E-state index contributed by atoms with van der Waals surface area (Å²) in [6.45, 7) is 6.57. The zero-order valence-corrected chi connectivity index (χ0v) is 20.5. The van der Waals surface area contributed by atoms with Gasteiger partial charge in [0.2, 0.25) is 0 Å². The summed E-state index contributed by atoms with van der Waals surface area (Å²) in [7, 11) is 3.75. The van der Waals surface area contributed by atoms with Crippen LogP contribution in [-0.4, -0.2) is 27.3 Å². The zero-order chi connectivity index (χ0) is 21.0. The van der Waals surface area contributed by atoms with Crippen LogP contribution in [0.1, 0.15) is 142 Å². The highest BCUT2D eigenvalue weighted by Gasteiger charge is 1.95. The second kappa shape index (κ2) is 31.6. The average molecular weight is 400 g/mol. The Morgan fingerprint density at radius 1 is 0.393 bits per heavy atom. The van der Waals surface area contributed by atoms with Crippen LogP contribution in [-0.2, 0) is 4.74 Å². The molecule has 0 aliphatic carbocycles. The lowest BCUT2D eigenvalue weighted by Gasteiger charge is -2.05. The lowest BCUT2D eigenvalue weighted by Crippen LogP contribution is -1.97. The molecule has 0 rings (SSSR count). The molecule has 0 bridgehead atoms. The van der Waals surface area contributed by atoms with Gasteiger partial charge in [-0.05, 0) is 26.9 Å². The van der Waals surface area contributed by atoms with Crippen LogP contribution in [0, 0.1) is 0 Å². The largest absolute Gasteiger partial charge is 0.381 e. The third kappa shape index (κ3) is 33.5. The van der Waals surface area contributed by atoms with E-state index in [0.717, 1.165) is 13.2 Å². The smallest absolute Gasteiger partial charge is 0.0466 e. The average Bonchev–Trinajstić information content (AvgIpc) is 2.70. The molecule has 0 aliphatic rings. The number of nitrogens with one attached hydrogen (secondary N) is 1. The monoisotopic (exact) mass is 399 g/mol. The number of rotatable bonds is 22. The van der Waals surface area contributed by atoms with Gasteiger partial charge in [0.15, 0.2) is 0 Å². The van der Waals surface area contributed by atoms with Crippen molar-refractivity contribution in [2.45, 2.75) is 142 Å². The molecular weight excluding hydrogens is 342 g/mol. The lowest BCUT2D eigenvalue weighted by molar-refractivity contribution is 0.125. The van der Waals surface area contributed by atoms with E-state index in [1.807, 2.05) is 14.1 Å². The van der Waals surface area contributed by atoms with Crippen molar-refractivity contribution in [2.75, 3.05) is 27.3 Å². The molecule has 0 aromatic carbocycles. The standard InChI is InChI=1S/C24H50O.C2H7N/c1-3-5-7-9-11-13-15-17-19-21-23-25-24-22-20-18-16-14-12-10-8-6-4-2;1-3-2/h3-24H2,1-2H3;3H,1-2H3. The number of hydrogen-bond acceptors (Lipinski definition) is 2. The maximum atomic E-state index is 5.78. The van der Waals surface area contributed by atoms with Gasteiger partial charge in [0.05, 0.1) is 0 Å². The Labute approximate surface area is 180 Å². The molecule has 28 heavy (non-hydrogen) atoms. The van der Waals surface area contributed by atoms with Gasteiger partial charge < -0.3 is 10.1 Å². The highest BCUT2D eigenvalue weighted by atomic mass is 16.5. The topological polar surface area (TPSA) is 21.3 Å². The fourth-order valence-electron chi connectivity index (χ4n) is 3.49. The van der Waals surface area contributed by atoms with E-state index >= 15 is 0 Å². The maximum Gasteiger partial charge on any atom is 0.0466 e. The van der Waals surface area contributed by atoms with E-state index in [2.05, 4.69) is 19.2 Å². The van der Waals surface area contributed by atoms with E-state index in [0.29, 0.717) is 0 Å². The quantitative estimate of drug-likeness (QED) is 0.184. The molecule has 0 saturated heterocycles. The van der Waals surface area contributed by atoms with E-state index in [1.165, 1.54) is 128 Å². The first-order valence-electron chi connectivity index (χ1n) is 13.0. The van der Waals surface area contributed by atoms with Crippen LogP contribution in [0.25, 0.3) is 0 Å². The molecule has 0 aromatic rings. The number of unbranched alkanes of at least 4 members (excludes halogenated alkanes) is 18. The Balaban J connectivity index is 0. The molecule has 1 N–H and O–H groups in total. The summed E-state index contributed by atoms with van der Waals surface area (Å²) in [6, 6.07) is 0. The van der Waals surface area contributed by atoms with Crippen molar-refractivity contribution in [3.05, 3.63) is 0 Å². The van der Waals surface area contributed by atoms with E-state index in [9.17, 15) is 0 Å². The first-order chi connectivity index (χ1) is 13.8. The van der Waals surface area contributed by atoms with Crippen molar-refractivity contribution in [3.63, 3.8) is 0 Å². The number of ether oxygens (including phenoxy) is 1. The Morgan fingerprint density at radius 2 is 0.607 bits per heavy atom. The van der Waals surface area contributed by atoms with E-state index in [1.54, 1.807) is 0 Å². The van der Waals surface area contributed by atoms with Gasteiger partial charge in [-0.2, -0.15) is 0 Å². The SMILES string of the molecule is CCCCCCCCCCCCOCCCCCCCCCCCC.CNC. The summed E-state index contributed by atoms with van der Waals surface area (Å²) in [6.07, 6.45) is 28.2. The molecule has 0 heterocycles. The molecule has 0 amide bonds. The first-order valence-corrected chi connectivity index (χ1v) is 13.0. The van der Waals surface area contributed by atoms with Gasteiger partial charge in [0, 0.05) is 13.2 Å². The Bertz CT molecular complexity index is 210. The first kappa shape index (κ1) is 30.1. The summed E-state index contributed by atoms with van der Waals surface area (Å²) >= 11 is 0. The molecule has 0 saturated carbocycles. The highest BCUT2D eigenvalue weighted by Crippen LogP contribution is 2.12. The Kier molecular flexibility index (Phi) is 34.0. The van der Waals surface area contributed by atoms with E-state index in [4.69, 9.17) is 4.74 Å². The molecule has 172 valence electrons. The van der Waals surface area contributed by atoms with E-state index in [-0.39, 0.29) is 0 Å². The normalized spacial score (nSPS) is 10.7. The minimum Gasteiger partial charge on any atom is -0.381 e. The zero-order valence-electron chi connectivity index (χ0n) is 20.5. The van der Waals surface area contributed by atoms with Crippen molar-refractivity contribution < 1.29 is 4.74 Å². The summed E-state index contributed by atoms with van der Waals surface area (Å²) in [5, 5.41) is 2.75. The third-order valence-corrected chi connectivity index (χ3v) is 5.28. The third-order valence-electron chi connectivity index (χ3n) is 5.28. The highest BCUT2D eigenvalue weighted by molar-refractivity contribution is 4.49. The second-order valence-corrected chi connectivity index (χ2v) is 8.48. The van der Waals surface area contributed by atoms with Gasteiger partial charge >= 0.3 is 0 Å². The van der Waals surface area contributed by atoms with Crippen LogP contribution in [0.15, 0.2) is 0 Å². The fourth-order valence-corrected chi connectivity index (χ4v) is 3.49. The van der Waals surface area contributed by atoms with E-state index < -0.39 is 0 Å². The van der Waals surface area contributed by atoms with Crippen LogP contribution in [0.4, 0.5) is 0 Å². The van der Waals surface area contributed by atoms with Gasteiger partial charge in [-0.1, -0.05) is 129 Å². The molecule has 0 aromatic heterocycles. The van der Waals surface area contributed by atoms with Gasteiger partial charge in [0.25, 0.3) is 0 Å². The van der Waals surface area contributed by atoms with Crippen LogP contribution in [0.5, 0.6) is 0 Å².